The number of benzene rings is 1. The predicted octanol–water partition coefficient (Wildman–Crippen LogP) is 1.46. The predicted molar refractivity (Wildman–Crippen MR) is 96.2 cm³/mol. The Bertz CT molecular complexity index is 544. The van der Waals surface area contributed by atoms with Gasteiger partial charge in [0.05, 0.1) is 6.42 Å². The second-order valence-electron chi connectivity index (χ2n) is 6.34. The lowest BCUT2D eigenvalue weighted by molar-refractivity contribution is -0.143. The summed E-state index contributed by atoms with van der Waals surface area (Å²) in [5.41, 5.74) is 1.01. The Kier molecular flexibility index (Phi) is 7.06. The SMILES string of the molecule is Cl.O=C(C1CCCN1C(=O)Cc1ccccc1)N1CCCNCC1. The van der Waals surface area contributed by atoms with Crippen molar-refractivity contribution in [1.29, 1.82) is 0 Å². The lowest BCUT2D eigenvalue weighted by Gasteiger charge is -2.29. The van der Waals surface area contributed by atoms with E-state index in [0.717, 1.165) is 51.0 Å². The lowest BCUT2D eigenvalue weighted by atomic mass is 10.1. The highest BCUT2D eigenvalue weighted by Gasteiger charge is 2.36. The van der Waals surface area contributed by atoms with Crippen LogP contribution in [0.3, 0.4) is 0 Å². The molecule has 0 spiro atoms. The third kappa shape index (κ3) is 4.48. The molecule has 0 aliphatic carbocycles. The van der Waals surface area contributed by atoms with Gasteiger partial charge in [0, 0.05) is 26.2 Å². The van der Waals surface area contributed by atoms with Gasteiger partial charge in [0.2, 0.25) is 11.8 Å². The topological polar surface area (TPSA) is 52.7 Å². The number of amides is 2. The van der Waals surface area contributed by atoms with Crippen LogP contribution in [0.1, 0.15) is 24.8 Å². The molecule has 1 atom stereocenters. The van der Waals surface area contributed by atoms with Crippen LogP contribution in [0, 0.1) is 0 Å². The largest absolute Gasteiger partial charge is 0.340 e. The number of hydrogen-bond acceptors (Lipinski definition) is 3. The molecule has 132 valence electrons. The molecule has 2 saturated heterocycles. The van der Waals surface area contributed by atoms with E-state index < -0.39 is 0 Å². The summed E-state index contributed by atoms with van der Waals surface area (Å²) in [5, 5.41) is 3.31. The maximum atomic E-state index is 12.8. The van der Waals surface area contributed by atoms with Crippen LogP contribution >= 0.6 is 12.4 Å². The summed E-state index contributed by atoms with van der Waals surface area (Å²) in [4.78, 5) is 29.2. The highest BCUT2D eigenvalue weighted by atomic mass is 35.5. The van der Waals surface area contributed by atoms with Gasteiger partial charge in [0.15, 0.2) is 0 Å². The van der Waals surface area contributed by atoms with Crippen molar-refractivity contribution in [1.82, 2.24) is 15.1 Å². The molecule has 1 N–H and O–H groups in total. The Balaban J connectivity index is 0.00000208. The minimum Gasteiger partial charge on any atom is -0.340 e. The fraction of sp³-hybridized carbons (Fsp3) is 0.556. The van der Waals surface area contributed by atoms with Crippen molar-refractivity contribution < 1.29 is 9.59 Å². The fourth-order valence-electron chi connectivity index (χ4n) is 3.47. The van der Waals surface area contributed by atoms with Crippen molar-refractivity contribution in [2.45, 2.75) is 31.7 Å². The number of likely N-dealkylation sites (tertiary alicyclic amines) is 1. The monoisotopic (exact) mass is 351 g/mol. The Morgan fingerprint density at radius 1 is 1.04 bits per heavy atom. The molecule has 24 heavy (non-hydrogen) atoms. The van der Waals surface area contributed by atoms with Gasteiger partial charge in [0.1, 0.15) is 6.04 Å². The van der Waals surface area contributed by atoms with Crippen LogP contribution in [-0.4, -0.2) is 60.4 Å². The van der Waals surface area contributed by atoms with Crippen LogP contribution in [0.5, 0.6) is 0 Å². The molecule has 0 radical (unpaired) electrons. The number of nitrogens with zero attached hydrogens (tertiary/aromatic N) is 2. The van der Waals surface area contributed by atoms with E-state index in [1.165, 1.54) is 0 Å². The van der Waals surface area contributed by atoms with Crippen LogP contribution < -0.4 is 5.32 Å². The third-order valence-electron chi connectivity index (χ3n) is 4.71. The summed E-state index contributed by atoms with van der Waals surface area (Å²) in [5.74, 6) is 0.201. The summed E-state index contributed by atoms with van der Waals surface area (Å²) in [6, 6.07) is 9.50. The first-order valence-corrected chi connectivity index (χ1v) is 8.58. The minimum atomic E-state index is -0.260. The van der Waals surface area contributed by atoms with E-state index in [-0.39, 0.29) is 30.3 Å². The molecule has 1 aromatic carbocycles. The molecule has 5 nitrogen and oxygen atoms in total. The summed E-state index contributed by atoms with van der Waals surface area (Å²) in [7, 11) is 0. The van der Waals surface area contributed by atoms with Crippen molar-refractivity contribution in [2.75, 3.05) is 32.7 Å². The molecule has 0 saturated carbocycles. The van der Waals surface area contributed by atoms with Crippen molar-refractivity contribution in [3.63, 3.8) is 0 Å². The van der Waals surface area contributed by atoms with E-state index in [1.807, 2.05) is 35.2 Å². The van der Waals surface area contributed by atoms with Crippen molar-refractivity contribution in [3.05, 3.63) is 35.9 Å². The molecule has 1 unspecified atom stereocenters. The van der Waals surface area contributed by atoms with E-state index in [2.05, 4.69) is 5.32 Å². The van der Waals surface area contributed by atoms with Crippen LogP contribution in [0.25, 0.3) is 0 Å². The van der Waals surface area contributed by atoms with E-state index in [1.54, 1.807) is 4.90 Å². The Morgan fingerprint density at radius 3 is 2.62 bits per heavy atom. The number of carbonyl (C=O) groups is 2. The molecule has 2 fully saturated rings. The molecule has 2 aliphatic heterocycles. The minimum absolute atomic E-state index is 0. The van der Waals surface area contributed by atoms with Crippen molar-refractivity contribution in [3.8, 4) is 0 Å². The number of halogens is 1. The number of rotatable bonds is 3. The lowest BCUT2D eigenvalue weighted by Crippen LogP contribution is -2.49. The van der Waals surface area contributed by atoms with Gasteiger partial charge in [-0.15, -0.1) is 12.4 Å². The maximum absolute atomic E-state index is 12.8. The van der Waals surface area contributed by atoms with E-state index >= 15 is 0 Å². The smallest absolute Gasteiger partial charge is 0.245 e. The van der Waals surface area contributed by atoms with Gasteiger partial charge in [-0.3, -0.25) is 9.59 Å². The first-order chi connectivity index (χ1) is 11.3. The molecule has 6 heteroatoms. The zero-order valence-electron chi connectivity index (χ0n) is 13.9. The van der Waals surface area contributed by atoms with Gasteiger partial charge in [-0.2, -0.15) is 0 Å². The molecule has 3 rings (SSSR count). The molecule has 2 aliphatic rings. The summed E-state index contributed by atoms with van der Waals surface area (Å²) < 4.78 is 0. The zero-order valence-corrected chi connectivity index (χ0v) is 14.8. The summed E-state index contributed by atoms with van der Waals surface area (Å²) in [6.45, 7) is 4.05. The van der Waals surface area contributed by atoms with Gasteiger partial charge in [-0.05, 0) is 31.4 Å². The van der Waals surface area contributed by atoms with E-state index in [9.17, 15) is 9.59 Å². The van der Waals surface area contributed by atoms with E-state index in [0.29, 0.717) is 13.0 Å². The fourth-order valence-corrected chi connectivity index (χ4v) is 3.47. The van der Waals surface area contributed by atoms with Crippen LogP contribution in [-0.2, 0) is 16.0 Å². The van der Waals surface area contributed by atoms with Gasteiger partial charge in [-0.25, -0.2) is 0 Å². The quantitative estimate of drug-likeness (QED) is 0.897. The Hall–Kier alpha value is -1.59. The van der Waals surface area contributed by atoms with Gasteiger partial charge < -0.3 is 15.1 Å². The molecule has 0 bridgehead atoms. The van der Waals surface area contributed by atoms with Crippen molar-refractivity contribution >= 4 is 24.2 Å². The van der Waals surface area contributed by atoms with Crippen molar-refractivity contribution in [2.24, 2.45) is 0 Å². The second-order valence-corrected chi connectivity index (χ2v) is 6.34. The first kappa shape index (κ1) is 18.7. The highest BCUT2D eigenvalue weighted by Crippen LogP contribution is 2.21. The Morgan fingerprint density at radius 2 is 1.83 bits per heavy atom. The zero-order chi connectivity index (χ0) is 16.1. The number of hydrogen-bond donors (Lipinski definition) is 1. The summed E-state index contributed by atoms with van der Waals surface area (Å²) >= 11 is 0. The normalized spacial score (nSPS) is 21.1. The second kappa shape index (κ2) is 9.04. The standard InChI is InChI=1S/C18H25N3O2.ClH/c22-17(14-15-6-2-1-3-7-15)21-12-4-8-16(21)18(23)20-11-5-9-19-10-13-20;/h1-3,6-7,16,19H,4-5,8-14H2;1H. The van der Waals surface area contributed by atoms with E-state index in [4.69, 9.17) is 0 Å². The summed E-state index contributed by atoms with van der Waals surface area (Å²) in [6.07, 6.45) is 3.08. The van der Waals surface area contributed by atoms with Crippen LogP contribution in [0.15, 0.2) is 30.3 Å². The van der Waals surface area contributed by atoms with Gasteiger partial charge >= 0.3 is 0 Å². The molecular weight excluding hydrogens is 326 g/mol. The molecule has 0 aromatic heterocycles. The molecular formula is C18H26ClN3O2. The van der Waals surface area contributed by atoms with Crippen LogP contribution in [0.4, 0.5) is 0 Å². The highest BCUT2D eigenvalue weighted by molar-refractivity contribution is 5.89. The maximum Gasteiger partial charge on any atom is 0.245 e. The molecule has 2 amide bonds. The van der Waals surface area contributed by atoms with Gasteiger partial charge in [0.25, 0.3) is 0 Å². The van der Waals surface area contributed by atoms with Gasteiger partial charge in [-0.1, -0.05) is 30.3 Å². The average Bonchev–Trinajstić information content (AvgIpc) is 2.90. The van der Waals surface area contributed by atoms with Crippen LogP contribution in [0.2, 0.25) is 0 Å². The molecule has 2 heterocycles. The Labute approximate surface area is 149 Å². The molecule has 1 aromatic rings. The average molecular weight is 352 g/mol. The number of carbonyl (C=O) groups excluding carboxylic acids is 2. The third-order valence-corrected chi connectivity index (χ3v) is 4.71. The first-order valence-electron chi connectivity index (χ1n) is 8.58. The number of nitrogens with one attached hydrogen (secondary N) is 1.